The van der Waals surface area contributed by atoms with Crippen LogP contribution in [0.4, 0.5) is 0 Å². The highest BCUT2D eigenvalue weighted by Gasteiger charge is 2.19. The van der Waals surface area contributed by atoms with Crippen LogP contribution in [0, 0.1) is 0 Å². The van der Waals surface area contributed by atoms with E-state index in [1.54, 1.807) is 7.11 Å². The number of aliphatic hydroxyl groups excluding tert-OH is 2. The molecule has 0 unspecified atom stereocenters. The molecular formula is C15H25NO3. The molecule has 0 saturated carbocycles. The standard InChI is InChI=1S/C15H25NO3/c1-15(2,3)13-7-11(5-6-14(13)19-4)8-16-12(9-17)10-18/h5-7,12,16-18H,8-10H2,1-4H3. The Morgan fingerprint density at radius 2 is 1.84 bits per heavy atom. The minimum atomic E-state index is -0.278. The summed E-state index contributed by atoms with van der Waals surface area (Å²) in [6.45, 7) is 6.90. The van der Waals surface area contributed by atoms with Crippen LogP contribution >= 0.6 is 0 Å². The molecule has 0 radical (unpaired) electrons. The van der Waals surface area contributed by atoms with Gasteiger partial charge in [0.1, 0.15) is 5.75 Å². The summed E-state index contributed by atoms with van der Waals surface area (Å²) in [5.41, 5.74) is 2.27. The van der Waals surface area contributed by atoms with Gasteiger partial charge < -0.3 is 20.3 Å². The Balaban J connectivity index is 2.87. The van der Waals surface area contributed by atoms with Crippen LogP contribution in [0.2, 0.25) is 0 Å². The third kappa shape index (κ3) is 4.49. The van der Waals surface area contributed by atoms with E-state index in [0.717, 1.165) is 16.9 Å². The summed E-state index contributed by atoms with van der Waals surface area (Å²) in [5.74, 6) is 0.886. The minimum absolute atomic E-state index is 0.00864. The van der Waals surface area contributed by atoms with Crippen molar-refractivity contribution >= 4 is 0 Å². The topological polar surface area (TPSA) is 61.7 Å². The molecular weight excluding hydrogens is 242 g/mol. The van der Waals surface area contributed by atoms with Crippen LogP contribution in [0.3, 0.4) is 0 Å². The molecule has 0 amide bonds. The second kappa shape index (κ2) is 6.89. The highest BCUT2D eigenvalue weighted by atomic mass is 16.5. The van der Waals surface area contributed by atoms with Gasteiger partial charge in [-0.15, -0.1) is 0 Å². The van der Waals surface area contributed by atoms with Gasteiger partial charge in [0.15, 0.2) is 0 Å². The van der Waals surface area contributed by atoms with Crippen molar-refractivity contribution in [3.05, 3.63) is 29.3 Å². The molecule has 0 spiro atoms. The number of hydrogen-bond acceptors (Lipinski definition) is 4. The Morgan fingerprint density at radius 1 is 1.21 bits per heavy atom. The quantitative estimate of drug-likeness (QED) is 0.730. The van der Waals surface area contributed by atoms with Crippen LogP contribution in [0.5, 0.6) is 5.75 Å². The molecule has 1 rings (SSSR count). The van der Waals surface area contributed by atoms with Gasteiger partial charge in [-0.2, -0.15) is 0 Å². The molecule has 3 N–H and O–H groups in total. The Bertz CT molecular complexity index is 395. The molecule has 0 aliphatic heterocycles. The van der Waals surface area contributed by atoms with Gasteiger partial charge in [0.25, 0.3) is 0 Å². The van der Waals surface area contributed by atoms with Gasteiger partial charge in [-0.1, -0.05) is 32.9 Å². The van der Waals surface area contributed by atoms with Gasteiger partial charge in [-0.05, 0) is 22.6 Å². The van der Waals surface area contributed by atoms with E-state index in [1.165, 1.54) is 0 Å². The zero-order valence-corrected chi connectivity index (χ0v) is 12.2. The Kier molecular flexibility index (Phi) is 5.79. The highest BCUT2D eigenvalue weighted by Crippen LogP contribution is 2.31. The summed E-state index contributed by atoms with van der Waals surface area (Å²) >= 11 is 0. The summed E-state index contributed by atoms with van der Waals surface area (Å²) < 4.78 is 5.39. The molecule has 19 heavy (non-hydrogen) atoms. The summed E-state index contributed by atoms with van der Waals surface area (Å²) in [4.78, 5) is 0. The van der Waals surface area contributed by atoms with E-state index in [4.69, 9.17) is 14.9 Å². The van der Waals surface area contributed by atoms with Crippen LogP contribution in [-0.4, -0.2) is 36.6 Å². The van der Waals surface area contributed by atoms with Crippen molar-refractivity contribution < 1.29 is 14.9 Å². The van der Waals surface area contributed by atoms with E-state index in [9.17, 15) is 0 Å². The number of aliphatic hydroxyl groups is 2. The Labute approximate surface area is 115 Å². The van der Waals surface area contributed by atoms with Crippen LogP contribution in [0.25, 0.3) is 0 Å². The lowest BCUT2D eigenvalue weighted by molar-refractivity contribution is 0.170. The molecule has 108 valence electrons. The number of hydrogen-bond donors (Lipinski definition) is 3. The Hall–Kier alpha value is -1.10. The average molecular weight is 267 g/mol. The third-order valence-electron chi connectivity index (χ3n) is 3.11. The van der Waals surface area contributed by atoms with Crippen LogP contribution in [-0.2, 0) is 12.0 Å². The molecule has 0 saturated heterocycles. The first-order valence-electron chi connectivity index (χ1n) is 6.55. The number of benzene rings is 1. The zero-order valence-electron chi connectivity index (χ0n) is 12.2. The maximum atomic E-state index is 9.03. The van der Waals surface area contributed by atoms with Crippen molar-refractivity contribution in [2.45, 2.75) is 38.8 Å². The predicted octanol–water partition coefficient (Wildman–Crippen LogP) is 1.44. The monoisotopic (exact) mass is 267 g/mol. The van der Waals surface area contributed by atoms with Gasteiger partial charge in [-0.3, -0.25) is 0 Å². The first-order chi connectivity index (χ1) is 8.92. The highest BCUT2D eigenvalue weighted by molar-refractivity contribution is 5.41. The van der Waals surface area contributed by atoms with Gasteiger partial charge in [0, 0.05) is 6.54 Å². The molecule has 0 aliphatic carbocycles. The third-order valence-corrected chi connectivity index (χ3v) is 3.11. The van der Waals surface area contributed by atoms with E-state index in [-0.39, 0.29) is 24.7 Å². The predicted molar refractivity (Wildman–Crippen MR) is 76.5 cm³/mol. The first-order valence-corrected chi connectivity index (χ1v) is 6.55. The first kappa shape index (κ1) is 16.0. The van der Waals surface area contributed by atoms with Crippen molar-refractivity contribution in [2.24, 2.45) is 0 Å². The lowest BCUT2D eigenvalue weighted by Crippen LogP contribution is -2.35. The Morgan fingerprint density at radius 3 is 2.32 bits per heavy atom. The van der Waals surface area contributed by atoms with Crippen molar-refractivity contribution in [1.29, 1.82) is 0 Å². The van der Waals surface area contributed by atoms with E-state index in [0.29, 0.717) is 6.54 Å². The van der Waals surface area contributed by atoms with Crippen LogP contribution in [0.1, 0.15) is 31.9 Å². The van der Waals surface area contributed by atoms with Crippen LogP contribution in [0.15, 0.2) is 18.2 Å². The lowest BCUT2D eigenvalue weighted by Gasteiger charge is -2.23. The lowest BCUT2D eigenvalue weighted by atomic mass is 9.85. The molecule has 0 fully saturated rings. The van der Waals surface area contributed by atoms with E-state index in [1.807, 2.05) is 12.1 Å². The zero-order chi connectivity index (χ0) is 14.5. The number of nitrogens with one attached hydrogen (secondary N) is 1. The van der Waals surface area contributed by atoms with E-state index < -0.39 is 0 Å². The number of methoxy groups -OCH3 is 1. The largest absolute Gasteiger partial charge is 0.496 e. The molecule has 0 bridgehead atoms. The summed E-state index contributed by atoms with van der Waals surface area (Å²) in [7, 11) is 1.68. The van der Waals surface area contributed by atoms with E-state index in [2.05, 4.69) is 32.2 Å². The van der Waals surface area contributed by atoms with E-state index >= 15 is 0 Å². The van der Waals surface area contributed by atoms with Crippen molar-refractivity contribution in [3.63, 3.8) is 0 Å². The SMILES string of the molecule is COc1ccc(CNC(CO)CO)cc1C(C)(C)C. The second-order valence-electron chi connectivity index (χ2n) is 5.73. The molecule has 0 heterocycles. The summed E-state index contributed by atoms with van der Waals surface area (Å²) in [5, 5.41) is 21.2. The number of ether oxygens (including phenoxy) is 1. The number of rotatable bonds is 6. The smallest absolute Gasteiger partial charge is 0.122 e. The van der Waals surface area contributed by atoms with Crippen molar-refractivity contribution in [1.82, 2.24) is 5.32 Å². The normalized spacial score (nSPS) is 11.9. The fourth-order valence-electron chi connectivity index (χ4n) is 1.90. The maximum Gasteiger partial charge on any atom is 0.122 e. The van der Waals surface area contributed by atoms with Gasteiger partial charge >= 0.3 is 0 Å². The van der Waals surface area contributed by atoms with Gasteiger partial charge in [0.05, 0.1) is 26.4 Å². The van der Waals surface area contributed by atoms with Crippen molar-refractivity contribution in [3.8, 4) is 5.75 Å². The summed E-state index contributed by atoms with van der Waals surface area (Å²) in [6.07, 6.45) is 0. The van der Waals surface area contributed by atoms with Gasteiger partial charge in [0.2, 0.25) is 0 Å². The molecule has 4 heteroatoms. The molecule has 1 aromatic carbocycles. The van der Waals surface area contributed by atoms with Gasteiger partial charge in [-0.25, -0.2) is 0 Å². The average Bonchev–Trinajstić information content (AvgIpc) is 2.38. The molecule has 0 atom stereocenters. The fourth-order valence-corrected chi connectivity index (χ4v) is 1.90. The maximum absolute atomic E-state index is 9.03. The fraction of sp³-hybridized carbons (Fsp3) is 0.600. The molecule has 4 nitrogen and oxygen atoms in total. The van der Waals surface area contributed by atoms with Crippen LogP contribution < -0.4 is 10.1 Å². The molecule has 1 aromatic rings. The summed E-state index contributed by atoms with van der Waals surface area (Å²) in [6, 6.07) is 5.79. The van der Waals surface area contributed by atoms with Crippen molar-refractivity contribution in [2.75, 3.05) is 20.3 Å². The molecule has 0 aromatic heterocycles. The molecule has 0 aliphatic rings. The minimum Gasteiger partial charge on any atom is -0.496 e. The second-order valence-corrected chi connectivity index (χ2v) is 5.73.